The zero-order valence-corrected chi connectivity index (χ0v) is 9.48. The topological polar surface area (TPSA) is 87.5 Å². The number of aliphatic hydroxyl groups excluding tert-OH is 2. The van der Waals surface area contributed by atoms with Crippen molar-refractivity contribution < 1.29 is 19.3 Å². The van der Waals surface area contributed by atoms with E-state index in [4.69, 9.17) is 22.1 Å². The van der Waals surface area contributed by atoms with Crippen molar-refractivity contribution in [3.63, 3.8) is 0 Å². The molecule has 0 aliphatic carbocycles. The molecule has 0 aromatic carbocycles. The monoisotopic (exact) mass is 262 g/mol. The summed E-state index contributed by atoms with van der Waals surface area (Å²) in [5.41, 5.74) is -0.900. The van der Waals surface area contributed by atoms with Crippen LogP contribution in [0, 0.1) is 10.6 Å². The van der Waals surface area contributed by atoms with Crippen LogP contribution in [-0.2, 0) is 4.74 Å². The Bertz CT molecular complexity index is 528. The van der Waals surface area contributed by atoms with Crippen LogP contribution in [0.5, 0.6) is 0 Å². The van der Waals surface area contributed by atoms with Gasteiger partial charge in [-0.15, -0.1) is 0 Å². The minimum absolute atomic E-state index is 0.00666. The number of aromatic amines is 1. The van der Waals surface area contributed by atoms with Gasteiger partial charge < -0.3 is 14.9 Å². The largest absolute Gasteiger partial charge is 0.394 e. The summed E-state index contributed by atoms with van der Waals surface area (Å²) >= 11 is 4.87. The Kier molecular flexibility index (Phi) is 3.38. The quantitative estimate of drug-likeness (QED) is 0.636. The van der Waals surface area contributed by atoms with E-state index in [1.54, 1.807) is 0 Å². The van der Waals surface area contributed by atoms with Crippen molar-refractivity contribution in [2.45, 2.75) is 24.9 Å². The van der Waals surface area contributed by atoms with Crippen LogP contribution in [0.15, 0.2) is 11.0 Å². The molecule has 1 aromatic heterocycles. The molecule has 0 spiro atoms. The van der Waals surface area contributed by atoms with Gasteiger partial charge in [0.25, 0.3) is 5.56 Å². The van der Waals surface area contributed by atoms with E-state index in [0.29, 0.717) is 0 Å². The summed E-state index contributed by atoms with van der Waals surface area (Å²) in [7, 11) is 0. The zero-order chi connectivity index (χ0) is 12.6. The summed E-state index contributed by atoms with van der Waals surface area (Å²) in [6, 6.07) is 0. The van der Waals surface area contributed by atoms with E-state index < -0.39 is 29.8 Å². The van der Waals surface area contributed by atoms with Crippen LogP contribution in [0.25, 0.3) is 0 Å². The molecular weight excluding hydrogens is 251 g/mol. The first-order chi connectivity index (χ1) is 8.02. The van der Waals surface area contributed by atoms with Gasteiger partial charge >= 0.3 is 0 Å². The van der Waals surface area contributed by atoms with Crippen molar-refractivity contribution in [3.05, 3.63) is 27.1 Å². The van der Waals surface area contributed by atoms with Gasteiger partial charge in [0.15, 0.2) is 4.77 Å². The molecule has 1 saturated heterocycles. The first-order valence-electron chi connectivity index (χ1n) is 4.98. The predicted octanol–water partition coefficient (Wildman–Crippen LogP) is -0.314. The number of aliphatic hydroxyl groups is 2. The summed E-state index contributed by atoms with van der Waals surface area (Å²) in [5, 5.41) is 18.5. The van der Waals surface area contributed by atoms with Gasteiger partial charge in [-0.2, -0.15) is 4.39 Å². The van der Waals surface area contributed by atoms with Crippen LogP contribution in [0.4, 0.5) is 4.39 Å². The smallest absolute Gasteiger partial charge is 0.287 e. The molecule has 94 valence electrons. The van der Waals surface area contributed by atoms with E-state index in [0.717, 1.165) is 6.20 Å². The molecule has 0 saturated carbocycles. The van der Waals surface area contributed by atoms with Gasteiger partial charge in [0.05, 0.1) is 18.9 Å². The Morgan fingerprint density at radius 1 is 1.71 bits per heavy atom. The lowest BCUT2D eigenvalue weighted by Gasteiger charge is -2.15. The number of nitrogens with one attached hydrogen (secondary N) is 1. The highest BCUT2D eigenvalue weighted by molar-refractivity contribution is 7.71. The lowest BCUT2D eigenvalue weighted by Crippen LogP contribution is -2.24. The molecule has 1 fully saturated rings. The second-order valence-corrected chi connectivity index (χ2v) is 4.15. The summed E-state index contributed by atoms with van der Waals surface area (Å²) in [6.45, 7) is -0.336. The standard InChI is InChI=1S/C9H11FN2O4S/c10-4-2-12(9(17)11-8(4)15)7-1-5(14)6(3-13)16-7/h2,5-7,13-14H,1,3H2,(H,11,15,17)/t5-,6+,7+/m0/s1. The number of aromatic nitrogens is 2. The summed E-state index contributed by atoms with van der Waals surface area (Å²) in [4.78, 5) is 13.1. The Morgan fingerprint density at radius 3 is 3.00 bits per heavy atom. The van der Waals surface area contributed by atoms with Crippen LogP contribution in [-0.4, -0.2) is 38.6 Å². The third-order valence-electron chi connectivity index (χ3n) is 2.62. The molecule has 8 heteroatoms. The Hall–Kier alpha value is -1.09. The minimum atomic E-state index is -0.982. The Balaban J connectivity index is 2.34. The molecule has 2 heterocycles. The van der Waals surface area contributed by atoms with Crippen LogP contribution in [0.1, 0.15) is 12.6 Å². The highest BCUT2D eigenvalue weighted by Gasteiger charge is 2.34. The van der Waals surface area contributed by atoms with Gasteiger partial charge in [-0.3, -0.25) is 14.3 Å². The van der Waals surface area contributed by atoms with Crippen molar-refractivity contribution in [1.82, 2.24) is 9.55 Å². The third kappa shape index (κ3) is 2.29. The van der Waals surface area contributed by atoms with Gasteiger partial charge in [0, 0.05) is 6.42 Å². The molecule has 1 aromatic rings. The van der Waals surface area contributed by atoms with E-state index in [1.807, 2.05) is 0 Å². The van der Waals surface area contributed by atoms with Gasteiger partial charge in [0.2, 0.25) is 5.82 Å². The van der Waals surface area contributed by atoms with Crippen molar-refractivity contribution in [2.24, 2.45) is 0 Å². The molecule has 0 amide bonds. The van der Waals surface area contributed by atoms with E-state index in [2.05, 4.69) is 4.98 Å². The van der Waals surface area contributed by atoms with Crippen molar-refractivity contribution in [1.29, 1.82) is 0 Å². The van der Waals surface area contributed by atoms with E-state index in [9.17, 15) is 14.3 Å². The SMILES string of the molecule is O=c1[nH]c(=S)n([C@H]2C[C@H](O)[C@@H](CO)O2)cc1F. The molecule has 17 heavy (non-hydrogen) atoms. The fourth-order valence-corrected chi connectivity index (χ4v) is 1.99. The summed E-state index contributed by atoms with van der Waals surface area (Å²) < 4.78 is 19.6. The van der Waals surface area contributed by atoms with Crippen molar-refractivity contribution in [3.8, 4) is 0 Å². The molecule has 0 bridgehead atoms. The molecule has 3 N–H and O–H groups in total. The number of ether oxygens (including phenoxy) is 1. The maximum absolute atomic E-state index is 13.1. The highest BCUT2D eigenvalue weighted by Crippen LogP contribution is 2.28. The average Bonchev–Trinajstić information content (AvgIpc) is 2.65. The molecule has 6 nitrogen and oxygen atoms in total. The number of H-pyrrole nitrogens is 1. The van der Waals surface area contributed by atoms with Crippen LogP contribution < -0.4 is 5.56 Å². The van der Waals surface area contributed by atoms with E-state index >= 15 is 0 Å². The molecule has 2 rings (SSSR count). The second kappa shape index (κ2) is 4.65. The van der Waals surface area contributed by atoms with Gasteiger partial charge in [0.1, 0.15) is 12.3 Å². The number of hydrogen-bond acceptors (Lipinski definition) is 5. The Labute approximate surface area is 100 Å². The molecule has 0 radical (unpaired) electrons. The number of hydrogen-bond donors (Lipinski definition) is 3. The maximum Gasteiger partial charge on any atom is 0.287 e. The first-order valence-corrected chi connectivity index (χ1v) is 5.39. The van der Waals surface area contributed by atoms with Crippen molar-refractivity contribution >= 4 is 12.2 Å². The van der Waals surface area contributed by atoms with Crippen LogP contribution in [0.3, 0.4) is 0 Å². The lowest BCUT2D eigenvalue weighted by atomic mass is 10.2. The minimum Gasteiger partial charge on any atom is -0.394 e. The molecule has 1 aliphatic rings. The fourth-order valence-electron chi connectivity index (χ4n) is 1.72. The normalized spacial score (nSPS) is 28.5. The summed E-state index contributed by atoms with van der Waals surface area (Å²) in [6.07, 6.45) is -1.16. The molecular formula is C9H11FN2O4S. The lowest BCUT2D eigenvalue weighted by molar-refractivity contribution is -0.0455. The number of halogens is 1. The zero-order valence-electron chi connectivity index (χ0n) is 8.67. The number of nitrogens with zero attached hydrogens (tertiary/aromatic N) is 1. The van der Waals surface area contributed by atoms with Crippen molar-refractivity contribution in [2.75, 3.05) is 6.61 Å². The van der Waals surface area contributed by atoms with Gasteiger partial charge in [-0.1, -0.05) is 0 Å². The fraction of sp³-hybridized carbons (Fsp3) is 0.556. The Morgan fingerprint density at radius 2 is 2.41 bits per heavy atom. The maximum atomic E-state index is 13.1. The van der Waals surface area contributed by atoms with Crippen LogP contribution in [0.2, 0.25) is 0 Å². The number of rotatable bonds is 2. The van der Waals surface area contributed by atoms with Gasteiger partial charge in [-0.25, -0.2) is 0 Å². The molecule has 3 atom stereocenters. The third-order valence-corrected chi connectivity index (χ3v) is 2.93. The molecule has 0 unspecified atom stereocenters. The summed E-state index contributed by atoms with van der Waals surface area (Å²) in [5.74, 6) is -0.982. The van der Waals surface area contributed by atoms with E-state index in [-0.39, 0.29) is 17.8 Å². The highest BCUT2D eigenvalue weighted by atomic mass is 32.1. The van der Waals surface area contributed by atoms with E-state index in [1.165, 1.54) is 4.57 Å². The second-order valence-electron chi connectivity index (χ2n) is 3.76. The molecule has 1 aliphatic heterocycles. The predicted molar refractivity (Wildman–Crippen MR) is 57.5 cm³/mol. The average molecular weight is 262 g/mol. The van der Waals surface area contributed by atoms with Crippen LogP contribution >= 0.6 is 12.2 Å². The first kappa shape index (κ1) is 12.4. The van der Waals surface area contributed by atoms with Gasteiger partial charge in [-0.05, 0) is 12.2 Å².